The summed E-state index contributed by atoms with van der Waals surface area (Å²) in [7, 11) is 9.76. The quantitative estimate of drug-likeness (QED) is 0.464. The molecule has 2 aliphatic heterocycles. The largest absolute Gasteiger partial charge is 0.343 e. The van der Waals surface area contributed by atoms with Gasteiger partial charge in [-0.3, -0.25) is 4.99 Å². The lowest BCUT2D eigenvalue weighted by Gasteiger charge is -2.50. The predicted octanol–water partition coefficient (Wildman–Crippen LogP) is 2.94. The number of aryl methyl sites for hydroxylation is 1. The van der Waals surface area contributed by atoms with E-state index >= 15 is 0 Å². The van der Waals surface area contributed by atoms with Crippen molar-refractivity contribution in [3.63, 3.8) is 0 Å². The normalized spacial score (nSPS) is 20.4. The lowest BCUT2D eigenvalue weighted by molar-refractivity contribution is 0.229. The molecule has 0 aliphatic carbocycles. The summed E-state index contributed by atoms with van der Waals surface area (Å²) in [4.78, 5) is 16.3. The van der Waals surface area contributed by atoms with E-state index in [-0.39, 0.29) is 0 Å². The first-order valence-electron chi connectivity index (χ1n) is 11.4. The van der Waals surface area contributed by atoms with Gasteiger partial charge in [-0.2, -0.15) is 4.98 Å². The molecule has 2 saturated heterocycles. The molecule has 3 N–H and O–H groups in total. The van der Waals surface area contributed by atoms with Crippen molar-refractivity contribution in [2.75, 3.05) is 38.6 Å². The van der Waals surface area contributed by atoms with Crippen LogP contribution in [0.5, 0.6) is 0 Å². The molecule has 2 unspecified atom stereocenters. The first kappa shape index (κ1) is 23.6. The number of allylic oxidation sites excluding steroid dienone is 2. The van der Waals surface area contributed by atoms with E-state index in [9.17, 15) is 0 Å². The van der Waals surface area contributed by atoms with Crippen LogP contribution in [0.3, 0.4) is 0 Å². The van der Waals surface area contributed by atoms with Gasteiger partial charge in [-0.15, -0.1) is 0 Å². The van der Waals surface area contributed by atoms with Gasteiger partial charge in [0, 0.05) is 43.7 Å². The van der Waals surface area contributed by atoms with Gasteiger partial charge >= 0.3 is 0 Å². The van der Waals surface area contributed by atoms with E-state index in [1.54, 1.807) is 18.4 Å². The molecule has 0 amide bonds. The summed E-state index contributed by atoms with van der Waals surface area (Å²) in [5, 5.41) is 4.60. The van der Waals surface area contributed by atoms with Crippen molar-refractivity contribution in [3.8, 4) is 11.1 Å². The maximum absolute atomic E-state index is 6.49. The Kier molecular flexibility index (Phi) is 7.27. The Morgan fingerprint density at radius 2 is 2.09 bits per heavy atom. The van der Waals surface area contributed by atoms with Crippen molar-refractivity contribution < 1.29 is 0 Å². The molecule has 0 spiro atoms. The van der Waals surface area contributed by atoms with Gasteiger partial charge in [0.2, 0.25) is 0 Å². The Hall–Kier alpha value is -2.55. The lowest BCUT2D eigenvalue weighted by atomic mass is 9.84. The van der Waals surface area contributed by atoms with Crippen molar-refractivity contribution in [1.29, 1.82) is 0 Å². The van der Waals surface area contributed by atoms with Crippen molar-refractivity contribution in [2.45, 2.75) is 26.3 Å². The summed E-state index contributed by atoms with van der Waals surface area (Å²) in [5.41, 5.74) is 11.2. The summed E-state index contributed by atoms with van der Waals surface area (Å²) in [6.07, 6.45) is 5.16. The standard InChI is InChI=1S/C24H26BN5S.CH5N/c1-4-15(11-26-3)16-5-6-18(20(25)9-16)19-10-22-23(28-14(19)2)29-24(31-22)30-13-17-7-8-27-12-21(17)30;1-2/h4-6,9-11,17,21,27H,7-8,12-13H2,1-3H3;2H2,1H3/b15-4+,26-11?;. The van der Waals surface area contributed by atoms with Crippen LogP contribution in [-0.2, 0) is 0 Å². The number of anilines is 1. The van der Waals surface area contributed by atoms with Gasteiger partial charge in [-0.05, 0) is 62.5 Å². The molecule has 0 saturated carbocycles. The molecule has 2 aromatic heterocycles. The Labute approximate surface area is 201 Å². The zero-order valence-corrected chi connectivity index (χ0v) is 20.6. The fourth-order valence-electron chi connectivity index (χ4n) is 4.72. The van der Waals surface area contributed by atoms with Gasteiger partial charge in [-0.25, -0.2) is 4.98 Å². The second-order valence-corrected chi connectivity index (χ2v) is 9.35. The van der Waals surface area contributed by atoms with Crippen molar-refractivity contribution in [2.24, 2.45) is 16.6 Å². The van der Waals surface area contributed by atoms with Gasteiger partial charge in [0.25, 0.3) is 0 Å². The van der Waals surface area contributed by atoms with Crippen LogP contribution in [0.25, 0.3) is 27.0 Å². The van der Waals surface area contributed by atoms with Crippen molar-refractivity contribution in [3.05, 3.63) is 41.6 Å². The third kappa shape index (κ3) is 4.47. The molecule has 5 rings (SSSR count). The lowest BCUT2D eigenvalue weighted by Crippen LogP contribution is -2.63. The Bertz CT molecular complexity index is 1200. The zero-order chi connectivity index (χ0) is 23.5. The van der Waals surface area contributed by atoms with E-state index in [2.05, 4.69) is 39.1 Å². The van der Waals surface area contributed by atoms with E-state index in [1.807, 2.05) is 32.2 Å². The molecular weight excluding hydrogens is 427 g/mol. The number of pyridine rings is 1. The molecule has 2 aliphatic rings. The minimum Gasteiger partial charge on any atom is -0.343 e. The number of piperidine rings is 1. The number of fused-ring (bicyclic) bond motifs is 2. The van der Waals surface area contributed by atoms with Gasteiger partial charge in [0.05, 0.1) is 4.70 Å². The van der Waals surface area contributed by atoms with Crippen LogP contribution >= 0.6 is 11.3 Å². The Morgan fingerprint density at radius 3 is 2.79 bits per heavy atom. The van der Waals surface area contributed by atoms with Crippen LogP contribution in [0.2, 0.25) is 0 Å². The van der Waals surface area contributed by atoms with E-state index in [0.29, 0.717) is 6.04 Å². The van der Waals surface area contributed by atoms with Gasteiger partial charge in [0.15, 0.2) is 10.8 Å². The fourth-order valence-corrected chi connectivity index (χ4v) is 5.74. The Morgan fingerprint density at radius 1 is 1.27 bits per heavy atom. The molecule has 6 nitrogen and oxygen atoms in total. The summed E-state index contributed by atoms with van der Waals surface area (Å²) in [6, 6.07) is 8.98. The second kappa shape index (κ2) is 10.2. The number of nitrogens with two attached hydrogens (primary N) is 1. The smallest absolute Gasteiger partial charge is 0.188 e. The maximum Gasteiger partial charge on any atom is 0.188 e. The highest BCUT2D eigenvalue weighted by Crippen LogP contribution is 2.39. The number of nitrogens with zero attached hydrogens (tertiary/aromatic N) is 4. The third-order valence-electron chi connectivity index (χ3n) is 6.48. The first-order chi connectivity index (χ1) is 16.1. The number of hydrogen-bond donors (Lipinski definition) is 2. The van der Waals surface area contributed by atoms with Crippen molar-refractivity contribution >= 4 is 51.9 Å². The average molecular weight is 458 g/mol. The SMILES string of the molecule is CN.[B]c1cc(/C(C=NC)=C/C)ccc1-c1cc2sc(N3CC4CCNCC43)nc2nc1C. The fraction of sp³-hybridized carbons (Fsp3) is 0.400. The summed E-state index contributed by atoms with van der Waals surface area (Å²) in [5.74, 6) is 0.802. The van der Waals surface area contributed by atoms with E-state index in [1.165, 1.54) is 13.5 Å². The number of hydrogen-bond acceptors (Lipinski definition) is 7. The minimum atomic E-state index is 0.575. The summed E-state index contributed by atoms with van der Waals surface area (Å²) < 4.78 is 1.11. The monoisotopic (exact) mass is 458 g/mol. The second-order valence-electron chi connectivity index (χ2n) is 8.35. The van der Waals surface area contributed by atoms with Crippen molar-refractivity contribution in [1.82, 2.24) is 15.3 Å². The topological polar surface area (TPSA) is 79.4 Å². The number of aromatic nitrogens is 2. The number of aliphatic imine (C=N–C) groups is 1. The highest BCUT2D eigenvalue weighted by Gasteiger charge is 2.41. The summed E-state index contributed by atoms with van der Waals surface area (Å²) >= 11 is 1.74. The molecular formula is C25H31BN6S. The average Bonchev–Trinajstić information content (AvgIpc) is 3.21. The van der Waals surface area contributed by atoms with Crippen LogP contribution < -0.4 is 21.4 Å². The number of thiazole rings is 1. The Balaban J connectivity index is 0.00000126. The van der Waals surface area contributed by atoms with Crippen LogP contribution in [-0.4, -0.2) is 63.8 Å². The first-order valence-corrected chi connectivity index (χ1v) is 12.2. The highest BCUT2D eigenvalue weighted by molar-refractivity contribution is 7.22. The molecule has 8 heteroatoms. The van der Waals surface area contributed by atoms with Gasteiger partial charge in [0.1, 0.15) is 7.85 Å². The molecule has 2 radical (unpaired) electrons. The molecule has 33 heavy (non-hydrogen) atoms. The van der Waals surface area contributed by atoms with E-state index < -0.39 is 0 Å². The van der Waals surface area contributed by atoms with Crippen LogP contribution in [0.1, 0.15) is 24.6 Å². The van der Waals surface area contributed by atoms with Crippen LogP contribution in [0.15, 0.2) is 35.3 Å². The molecule has 170 valence electrons. The van der Waals surface area contributed by atoms with E-state index in [4.69, 9.17) is 17.8 Å². The summed E-state index contributed by atoms with van der Waals surface area (Å²) in [6.45, 7) is 7.35. The molecule has 1 aromatic carbocycles. The molecule has 4 heterocycles. The maximum atomic E-state index is 6.49. The molecule has 3 aromatic rings. The predicted molar refractivity (Wildman–Crippen MR) is 143 cm³/mol. The third-order valence-corrected chi connectivity index (χ3v) is 7.51. The van der Waals surface area contributed by atoms with Crippen LogP contribution in [0.4, 0.5) is 5.13 Å². The molecule has 2 fully saturated rings. The van der Waals surface area contributed by atoms with Gasteiger partial charge in [-0.1, -0.05) is 41.1 Å². The highest BCUT2D eigenvalue weighted by atomic mass is 32.1. The van der Waals surface area contributed by atoms with Crippen LogP contribution in [0, 0.1) is 12.8 Å². The zero-order valence-electron chi connectivity index (χ0n) is 19.8. The number of benzene rings is 1. The van der Waals surface area contributed by atoms with Gasteiger partial charge < -0.3 is 16.0 Å². The number of nitrogens with one attached hydrogen (secondary N) is 1. The molecule has 2 atom stereocenters. The van der Waals surface area contributed by atoms with E-state index in [0.717, 1.165) is 74.5 Å². The molecule has 0 bridgehead atoms. The number of rotatable bonds is 4. The minimum absolute atomic E-state index is 0.575.